The fourth-order valence-corrected chi connectivity index (χ4v) is 2.11. The Kier molecular flexibility index (Phi) is 2.67. The van der Waals surface area contributed by atoms with Gasteiger partial charge in [0.25, 0.3) is 0 Å². The number of hydrogen-bond acceptors (Lipinski definition) is 1. The van der Waals surface area contributed by atoms with Crippen molar-refractivity contribution in [1.29, 1.82) is 5.26 Å². The zero-order chi connectivity index (χ0) is 11.7. The summed E-state index contributed by atoms with van der Waals surface area (Å²) in [5, 5.41) is 10.4. The summed E-state index contributed by atoms with van der Waals surface area (Å²) < 4.78 is 2.08. The van der Waals surface area contributed by atoms with Crippen LogP contribution in [-0.2, 0) is 7.05 Å². The maximum absolute atomic E-state index is 9.24. The molecule has 2 rings (SSSR count). The van der Waals surface area contributed by atoms with Crippen LogP contribution in [0.5, 0.6) is 0 Å². The van der Waals surface area contributed by atoms with Crippen LogP contribution in [0.15, 0.2) is 30.5 Å². The van der Waals surface area contributed by atoms with E-state index in [4.69, 9.17) is 0 Å². The van der Waals surface area contributed by atoms with Crippen LogP contribution >= 0.6 is 0 Å². The van der Waals surface area contributed by atoms with Crippen molar-refractivity contribution in [2.24, 2.45) is 7.05 Å². The predicted octanol–water partition coefficient (Wildman–Crippen LogP) is 0.887. The van der Waals surface area contributed by atoms with Crippen LogP contribution in [0.25, 0.3) is 10.9 Å². The van der Waals surface area contributed by atoms with Crippen molar-refractivity contribution in [3.8, 4) is 6.07 Å². The summed E-state index contributed by atoms with van der Waals surface area (Å²) in [6.07, 6.45) is 2.06. The molecule has 0 amide bonds. The standard InChI is InChI=1S/C13H15N3/c1-15(2)13(8-14)11-9-16(3)12-7-5-4-6-10(11)12/h4-7,9,13H,1-3H3/p+1. The van der Waals surface area contributed by atoms with Crippen molar-refractivity contribution < 1.29 is 4.90 Å². The van der Waals surface area contributed by atoms with Crippen molar-refractivity contribution in [3.05, 3.63) is 36.0 Å². The summed E-state index contributed by atoms with van der Waals surface area (Å²) in [6.45, 7) is 0. The first-order valence-electron chi connectivity index (χ1n) is 5.38. The molecule has 1 unspecified atom stereocenters. The number of para-hydroxylation sites is 1. The fraction of sp³-hybridized carbons (Fsp3) is 0.308. The maximum Gasteiger partial charge on any atom is 0.202 e. The molecule has 2 aromatic rings. The van der Waals surface area contributed by atoms with E-state index in [1.807, 2.05) is 33.3 Å². The van der Waals surface area contributed by atoms with Gasteiger partial charge in [-0.05, 0) is 6.07 Å². The summed E-state index contributed by atoms with van der Waals surface area (Å²) in [4.78, 5) is 1.14. The summed E-state index contributed by atoms with van der Waals surface area (Å²) in [6, 6.07) is 10.5. The van der Waals surface area contributed by atoms with Gasteiger partial charge in [0.05, 0.1) is 14.1 Å². The highest BCUT2D eigenvalue weighted by molar-refractivity contribution is 5.84. The Balaban J connectivity index is 2.66. The first kappa shape index (κ1) is 10.7. The Morgan fingerprint density at radius 1 is 1.31 bits per heavy atom. The first-order valence-corrected chi connectivity index (χ1v) is 5.38. The Labute approximate surface area is 95.5 Å². The second-order valence-corrected chi connectivity index (χ2v) is 4.35. The van der Waals surface area contributed by atoms with E-state index in [9.17, 15) is 5.26 Å². The third kappa shape index (κ3) is 1.58. The minimum atomic E-state index is -0.105. The van der Waals surface area contributed by atoms with E-state index in [2.05, 4.69) is 29.0 Å². The third-order valence-corrected chi connectivity index (χ3v) is 2.95. The van der Waals surface area contributed by atoms with Crippen molar-refractivity contribution in [3.63, 3.8) is 0 Å². The molecule has 3 nitrogen and oxygen atoms in total. The van der Waals surface area contributed by atoms with E-state index < -0.39 is 0 Å². The van der Waals surface area contributed by atoms with Crippen LogP contribution in [0, 0.1) is 11.3 Å². The number of aryl methyl sites for hydroxylation is 1. The van der Waals surface area contributed by atoms with E-state index >= 15 is 0 Å². The quantitative estimate of drug-likeness (QED) is 0.791. The molecular formula is C13H16N3+. The number of aromatic nitrogens is 1. The van der Waals surface area contributed by atoms with Crippen molar-refractivity contribution >= 4 is 10.9 Å². The normalized spacial score (nSPS) is 12.9. The Hall–Kier alpha value is -1.79. The molecule has 0 aliphatic carbocycles. The molecular weight excluding hydrogens is 198 g/mol. The highest BCUT2D eigenvalue weighted by Gasteiger charge is 2.21. The Bertz CT molecular complexity index is 546. The van der Waals surface area contributed by atoms with Crippen LogP contribution in [0.1, 0.15) is 11.6 Å². The van der Waals surface area contributed by atoms with Crippen LogP contribution in [0.2, 0.25) is 0 Å². The van der Waals surface area contributed by atoms with Gasteiger partial charge in [0.1, 0.15) is 6.07 Å². The molecule has 0 radical (unpaired) electrons. The number of hydrogen-bond donors (Lipinski definition) is 1. The zero-order valence-electron chi connectivity index (χ0n) is 9.86. The van der Waals surface area contributed by atoms with Gasteiger partial charge in [0, 0.05) is 29.7 Å². The summed E-state index contributed by atoms with van der Waals surface area (Å²) in [7, 11) is 6.04. The van der Waals surface area contributed by atoms with Gasteiger partial charge in [0.15, 0.2) is 0 Å². The lowest BCUT2D eigenvalue weighted by molar-refractivity contribution is -0.882. The number of nitrogens with zero attached hydrogens (tertiary/aromatic N) is 2. The van der Waals surface area contributed by atoms with Crippen LogP contribution in [0.3, 0.4) is 0 Å². The van der Waals surface area contributed by atoms with Crippen LogP contribution in [-0.4, -0.2) is 18.7 Å². The SMILES string of the molecule is Cn1cc(C(C#N)[NH+](C)C)c2ccccc21. The summed E-state index contributed by atoms with van der Waals surface area (Å²) in [5.74, 6) is 0. The van der Waals surface area contributed by atoms with Gasteiger partial charge in [-0.2, -0.15) is 5.26 Å². The summed E-state index contributed by atoms with van der Waals surface area (Å²) >= 11 is 0. The molecule has 1 N–H and O–H groups in total. The molecule has 0 spiro atoms. The maximum atomic E-state index is 9.24. The van der Waals surface area contributed by atoms with Gasteiger partial charge in [0.2, 0.25) is 6.04 Å². The van der Waals surface area contributed by atoms with E-state index in [1.165, 1.54) is 10.9 Å². The number of nitriles is 1. The largest absolute Gasteiger partial charge is 0.350 e. The molecule has 1 aromatic carbocycles. The van der Waals surface area contributed by atoms with Crippen LogP contribution in [0.4, 0.5) is 0 Å². The molecule has 0 saturated carbocycles. The highest BCUT2D eigenvalue weighted by atomic mass is 15.1. The zero-order valence-corrected chi connectivity index (χ0v) is 9.86. The molecule has 16 heavy (non-hydrogen) atoms. The molecule has 0 bridgehead atoms. The Morgan fingerprint density at radius 3 is 2.62 bits per heavy atom. The van der Waals surface area contributed by atoms with Gasteiger partial charge in [-0.25, -0.2) is 0 Å². The number of fused-ring (bicyclic) bond motifs is 1. The molecule has 0 saturated heterocycles. The lowest BCUT2D eigenvalue weighted by Gasteiger charge is -2.13. The van der Waals surface area contributed by atoms with E-state index in [0.29, 0.717) is 0 Å². The number of benzene rings is 1. The monoisotopic (exact) mass is 214 g/mol. The molecule has 1 heterocycles. The Morgan fingerprint density at radius 2 is 2.00 bits per heavy atom. The number of nitrogens with one attached hydrogen (secondary N) is 1. The summed E-state index contributed by atoms with van der Waals surface area (Å²) in [5.41, 5.74) is 2.29. The van der Waals surface area contributed by atoms with Gasteiger partial charge in [-0.3, -0.25) is 0 Å². The minimum Gasteiger partial charge on any atom is -0.350 e. The lowest BCUT2D eigenvalue weighted by Crippen LogP contribution is -3.06. The molecule has 1 atom stereocenters. The molecule has 0 fully saturated rings. The van der Waals surface area contributed by atoms with Gasteiger partial charge in [-0.1, -0.05) is 18.2 Å². The van der Waals surface area contributed by atoms with Gasteiger partial charge >= 0.3 is 0 Å². The molecule has 82 valence electrons. The highest BCUT2D eigenvalue weighted by Crippen LogP contribution is 2.23. The van der Waals surface area contributed by atoms with Crippen molar-refractivity contribution in [2.75, 3.05) is 14.1 Å². The molecule has 0 aliphatic rings. The minimum absolute atomic E-state index is 0.105. The molecule has 1 aromatic heterocycles. The predicted molar refractivity (Wildman–Crippen MR) is 64.1 cm³/mol. The van der Waals surface area contributed by atoms with E-state index in [1.54, 1.807) is 0 Å². The van der Waals surface area contributed by atoms with E-state index in [-0.39, 0.29) is 6.04 Å². The fourth-order valence-electron chi connectivity index (χ4n) is 2.11. The van der Waals surface area contributed by atoms with Gasteiger partial charge < -0.3 is 9.47 Å². The second kappa shape index (κ2) is 3.99. The smallest absolute Gasteiger partial charge is 0.202 e. The van der Waals surface area contributed by atoms with Crippen molar-refractivity contribution in [1.82, 2.24) is 4.57 Å². The number of rotatable bonds is 2. The average Bonchev–Trinajstić information content (AvgIpc) is 2.58. The van der Waals surface area contributed by atoms with Crippen LogP contribution < -0.4 is 4.90 Å². The molecule has 0 aliphatic heterocycles. The second-order valence-electron chi connectivity index (χ2n) is 4.35. The lowest BCUT2D eigenvalue weighted by atomic mass is 10.1. The molecule has 3 heteroatoms. The first-order chi connectivity index (χ1) is 7.65. The van der Waals surface area contributed by atoms with Gasteiger partial charge in [-0.15, -0.1) is 0 Å². The van der Waals surface area contributed by atoms with E-state index in [0.717, 1.165) is 10.5 Å². The average molecular weight is 214 g/mol. The van der Waals surface area contributed by atoms with Crippen molar-refractivity contribution in [2.45, 2.75) is 6.04 Å². The third-order valence-electron chi connectivity index (χ3n) is 2.95. The topological polar surface area (TPSA) is 33.2 Å². The number of quaternary nitrogens is 1.